The van der Waals surface area contributed by atoms with Crippen LogP contribution in [0.3, 0.4) is 0 Å². The topological polar surface area (TPSA) is 37.8 Å². The second-order valence-electron chi connectivity index (χ2n) is 4.20. The van der Waals surface area contributed by atoms with E-state index in [4.69, 9.17) is 11.6 Å². The van der Waals surface area contributed by atoms with Crippen LogP contribution in [-0.4, -0.2) is 16.5 Å². The lowest BCUT2D eigenvalue weighted by molar-refractivity contribution is 0.578. The number of aromatic nitrogens is 2. The third-order valence-corrected chi connectivity index (χ3v) is 3.16. The van der Waals surface area contributed by atoms with Crippen LogP contribution in [0.15, 0.2) is 6.20 Å². The van der Waals surface area contributed by atoms with Crippen LogP contribution in [0.4, 0.5) is 5.82 Å². The van der Waals surface area contributed by atoms with Gasteiger partial charge in [0.15, 0.2) is 0 Å². The molecule has 0 unspecified atom stereocenters. The minimum atomic E-state index is 0.314. The first kappa shape index (κ1) is 10.7. The first-order valence-corrected chi connectivity index (χ1v) is 5.86. The first-order chi connectivity index (χ1) is 7.25. The quantitative estimate of drug-likeness (QED) is 0.804. The summed E-state index contributed by atoms with van der Waals surface area (Å²) >= 11 is 5.75. The van der Waals surface area contributed by atoms with Crippen molar-refractivity contribution >= 4 is 17.4 Å². The molecule has 82 valence electrons. The summed E-state index contributed by atoms with van der Waals surface area (Å²) in [6, 6.07) is 0. The molecule has 2 rings (SSSR count). The number of aryl methyl sites for hydroxylation is 1. The zero-order valence-corrected chi connectivity index (χ0v) is 9.72. The Bertz CT molecular complexity index is 335. The van der Waals surface area contributed by atoms with Crippen molar-refractivity contribution in [2.24, 2.45) is 5.92 Å². The van der Waals surface area contributed by atoms with E-state index in [2.05, 4.69) is 15.3 Å². The highest BCUT2D eigenvalue weighted by Crippen LogP contribution is 2.25. The Hall–Kier alpha value is -0.830. The van der Waals surface area contributed by atoms with Crippen LogP contribution in [0, 0.1) is 12.8 Å². The van der Waals surface area contributed by atoms with Crippen LogP contribution in [0.2, 0.25) is 5.28 Å². The van der Waals surface area contributed by atoms with Gasteiger partial charge in [-0.05, 0) is 37.3 Å². The molecule has 0 amide bonds. The number of rotatable bonds is 3. The van der Waals surface area contributed by atoms with E-state index in [-0.39, 0.29) is 0 Å². The van der Waals surface area contributed by atoms with E-state index in [1.807, 2.05) is 6.92 Å². The van der Waals surface area contributed by atoms with Gasteiger partial charge >= 0.3 is 0 Å². The van der Waals surface area contributed by atoms with Crippen molar-refractivity contribution in [2.75, 3.05) is 11.9 Å². The third kappa shape index (κ3) is 2.81. The fourth-order valence-electron chi connectivity index (χ4n) is 2.05. The molecule has 3 nitrogen and oxygen atoms in total. The van der Waals surface area contributed by atoms with Gasteiger partial charge in [0.2, 0.25) is 5.28 Å². The molecule has 0 bridgehead atoms. The van der Waals surface area contributed by atoms with Crippen LogP contribution in [0.1, 0.15) is 31.2 Å². The second-order valence-corrected chi connectivity index (χ2v) is 4.54. The highest BCUT2D eigenvalue weighted by molar-refractivity contribution is 6.28. The van der Waals surface area contributed by atoms with Crippen molar-refractivity contribution in [2.45, 2.75) is 32.6 Å². The molecule has 0 spiro atoms. The molecule has 0 saturated heterocycles. The van der Waals surface area contributed by atoms with Gasteiger partial charge in [0.25, 0.3) is 0 Å². The summed E-state index contributed by atoms with van der Waals surface area (Å²) in [5.74, 6) is 1.68. The maximum Gasteiger partial charge on any atom is 0.224 e. The lowest BCUT2D eigenvalue weighted by atomic mass is 10.1. The Labute approximate surface area is 95.3 Å². The predicted octanol–water partition coefficient (Wildman–Crippen LogP) is 3.04. The first-order valence-electron chi connectivity index (χ1n) is 5.48. The van der Waals surface area contributed by atoms with Crippen molar-refractivity contribution in [3.8, 4) is 0 Å². The largest absolute Gasteiger partial charge is 0.369 e. The van der Waals surface area contributed by atoms with Gasteiger partial charge in [-0.15, -0.1) is 0 Å². The van der Waals surface area contributed by atoms with Gasteiger partial charge in [0, 0.05) is 18.3 Å². The van der Waals surface area contributed by atoms with Crippen LogP contribution >= 0.6 is 11.6 Å². The van der Waals surface area contributed by atoms with E-state index >= 15 is 0 Å². The number of nitrogens with zero attached hydrogens (tertiary/aromatic N) is 2. The predicted molar refractivity (Wildman–Crippen MR) is 62.2 cm³/mol. The average molecular weight is 226 g/mol. The summed E-state index contributed by atoms with van der Waals surface area (Å²) in [4.78, 5) is 8.11. The molecule has 0 aliphatic heterocycles. The van der Waals surface area contributed by atoms with Gasteiger partial charge in [-0.2, -0.15) is 0 Å². The van der Waals surface area contributed by atoms with E-state index in [1.54, 1.807) is 6.20 Å². The SMILES string of the molecule is Cc1cnc(Cl)nc1NCC1CCCC1. The van der Waals surface area contributed by atoms with E-state index in [0.717, 1.165) is 23.8 Å². The molecule has 1 aromatic heterocycles. The zero-order chi connectivity index (χ0) is 10.7. The van der Waals surface area contributed by atoms with Crippen molar-refractivity contribution in [1.82, 2.24) is 9.97 Å². The van der Waals surface area contributed by atoms with Crippen molar-refractivity contribution in [3.63, 3.8) is 0 Å². The second kappa shape index (κ2) is 4.79. The van der Waals surface area contributed by atoms with Gasteiger partial charge in [0.1, 0.15) is 5.82 Å². The van der Waals surface area contributed by atoms with Crippen LogP contribution in [0.25, 0.3) is 0 Å². The Morgan fingerprint density at radius 1 is 1.47 bits per heavy atom. The minimum absolute atomic E-state index is 0.314. The summed E-state index contributed by atoms with van der Waals surface area (Å²) < 4.78 is 0. The minimum Gasteiger partial charge on any atom is -0.369 e. The molecule has 1 aliphatic carbocycles. The molecule has 1 saturated carbocycles. The highest BCUT2D eigenvalue weighted by atomic mass is 35.5. The summed E-state index contributed by atoms with van der Waals surface area (Å²) in [6.07, 6.45) is 7.17. The van der Waals surface area contributed by atoms with E-state index < -0.39 is 0 Å². The third-order valence-electron chi connectivity index (χ3n) is 2.98. The molecule has 0 atom stereocenters. The van der Waals surface area contributed by atoms with Gasteiger partial charge in [-0.1, -0.05) is 12.8 Å². The number of halogens is 1. The Kier molecular flexibility index (Phi) is 3.41. The fraction of sp³-hybridized carbons (Fsp3) is 0.636. The summed E-state index contributed by atoms with van der Waals surface area (Å²) in [7, 11) is 0. The van der Waals surface area contributed by atoms with Gasteiger partial charge in [0.05, 0.1) is 0 Å². The molecular weight excluding hydrogens is 210 g/mol. The normalized spacial score (nSPS) is 16.9. The molecule has 15 heavy (non-hydrogen) atoms. The zero-order valence-electron chi connectivity index (χ0n) is 8.96. The van der Waals surface area contributed by atoms with Crippen molar-refractivity contribution < 1.29 is 0 Å². The Balaban J connectivity index is 1.94. The average Bonchev–Trinajstić information content (AvgIpc) is 2.72. The summed E-state index contributed by atoms with van der Waals surface area (Å²) in [6.45, 7) is 3.00. The monoisotopic (exact) mass is 225 g/mol. The molecule has 1 aliphatic rings. The lowest BCUT2D eigenvalue weighted by Gasteiger charge is -2.12. The molecule has 1 fully saturated rings. The maximum absolute atomic E-state index is 5.75. The number of nitrogens with one attached hydrogen (secondary N) is 1. The van der Waals surface area contributed by atoms with E-state index in [9.17, 15) is 0 Å². The number of hydrogen-bond acceptors (Lipinski definition) is 3. The van der Waals surface area contributed by atoms with Gasteiger partial charge in [-0.3, -0.25) is 0 Å². The Morgan fingerprint density at radius 3 is 2.93 bits per heavy atom. The molecule has 0 radical (unpaired) electrons. The molecule has 1 heterocycles. The van der Waals surface area contributed by atoms with E-state index in [0.29, 0.717) is 5.28 Å². The molecule has 1 aromatic rings. The van der Waals surface area contributed by atoms with E-state index in [1.165, 1.54) is 25.7 Å². The standard InChI is InChI=1S/C11H16ClN3/c1-8-6-14-11(12)15-10(8)13-7-9-4-2-3-5-9/h6,9H,2-5,7H2,1H3,(H,13,14,15). The maximum atomic E-state index is 5.75. The van der Waals surface area contributed by atoms with Crippen LogP contribution < -0.4 is 5.32 Å². The van der Waals surface area contributed by atoms with Crippen molar-refractivity contribution in [3.05, 3.63) is 17.0 Å². The van der Waals surface area contributed by atoms with Crippen molar-refractivity contribution in [1.29, 1.82) is 0 Å². The molecule has 4 heteroatoms. The van der Waals surface area contributed by atoms with Gasteiger partial charge in [-0.25, -0.2) is 9.97 Å². The smallest absolute Gasteiger partial charge is 0.224 e. The van der Waals surface area contributed by atoms with Crippen LogP contribution in [0.5, 0.6) is 0 Å². The van der Waals surface area contributed by atoms with Crippen LogP contribution in [-0.2, 0) is 0 Å². The molecule has 0 aromatic carbocycles. The summed E-state index contributed by atoms with van der Waals surface area (Å²) in [5.41, 5.74) is 1.05. The molecular formula is C11H16ClN3. The lowest BCUT2D eigenvalue weighted by Crippen LogP contribution is -2.13. The van der Waals surface area contributed by atoms with Gasteiger partial charge < -0.3 is 5.32 Å². The molecule has 1 N–H and O–H groups in total. The fourth-order valence-corrected chi connectivity index (χ4v) is 2.19. The highest BCUT2D eigenvalue weighted by Gasteiger charge is 2.15. The number of hydrogen-bond donors (Lipinski definition) is 1. The number of anilines is 1. The Morgan fingerprint density at radius 2 is 2.20 bits per heavy atom. The summed E-state index contributed by atoms with van der Waals surface area (Å²) in [5, 5.41) is 3.67.